The van der Waals surface area contributed by atoms with Gasteiger partial charge in [0.1, 0.15) is 17.9 Å². The van der Waals surface area contributed by atoms with Crippen LogP contribution in [0, 0.1) is 5.82 Å². The highest BCUT2D eigenvalue weighted by molar-refractivity contribution is 7.85. The third-order valence-corrected chi connectivity index (χ3v) is 5.19. The quantitative estimate of drug-likeness (QED) is 0.636. The number of carboxylic acid groups (broad SMARTS) is 1. The summed E-state index contributed by atoms with van der Waals surface area (Å²) in [7, 11) is -1.65. The first-order valence-corrected chi connectivity index (χ1v) is 11.4. The first-order valence-electron chi connectivity index (χ1n) is 9.52. The number of carboxylic acids is 1. The second-order valence-electron chi connectivity index (χ2n) is 7.70. The molecule has 1 fully saturated rings. The number of ether oxygens (including phenoxy) is 1. The highest BCUT2D eigenvalue weighted by Gasteiger charge is 2.30. The Morgan fingerprint density at radius 2 is 1.84 bits per heavy atom. The standard InChI is InChI=1S/C18H20FN3O4.CH4O3S/c1-10-9-26-17-14-11(16(23)12(18(24)25)8-22(10)14)7-13(19)15(17)21-5-3-20(2)4-6-21;1-5(2,3)4/h7-8,10H,3-6,9H2,1-2H3,(H,24,25);1H3,(H,2,3,4)/t10-;/m0./s1. The summed E-state index contributed by atoms with van der Waals surface area (Å²) < 4.78 is 48.4. The minimum atomic E-state index is -3.67. The van der Waals surface area contributed by atoms with Gasteiger partial charge >= 0.3 is 5.97 Å². The Labute approximate surface area is 178 Å². The lowest BCUT2D eigenvalue weighted by Crippen LogP contribution is -2.45. The molecule has 0 saturated carbocycles. The van der Waals surface area contributed by atoms with E-state index in [2.05, 4.69) is 4.90 Å². The lowest BCUT2D eigenvalue weighted by Gasteiger charge is -2.37. The first kappa shape index (κ1) is 23.0. The number of halogens is 1. The van der Waals surface area contributed by atoms with Gasteiger partial charge in [0, 0.05) is 32.4 Å². The van der Waals surface area contributed by atoms with Crippen molar-refractivity contribution < 1.29 is 32.0 Å². The number of benzene rings is 1. The van der Waals surface area contributed by atoms with Crippen molar-refractivity contribution in [3.05, 3.63) is 33.9 Å². The fourth-order valence-corrected chi connectivity index (χ4v) is 3.69. The van der Waals surface area contributed by atoms with Crippen LogP contribution >= 0.6 is 0 Å². The van der Waals surface area contributed by atoms with Gasteiger partial charge in [-0.05, 0) is 20.0 Å². The summed E-state index contributed by atoms with van der Waals surface area (Å²) in [4.78, 5) is 28.1. The highest BCUT2D eigenvalue weighted by Crippen LogP contribution is 2.42. The molecule has 170 valence electrons. The molecule has 10 nitrogen and oxygen atoms in total. The molecular weight excluding hydrogens is 433 g/mol. The molecule has 12 heteroatoms. The normalized spacial score (nSPS) is 18.9. The van der Waals surface area contributed by atoms with E-state index in [1.807, 2.05) is 18.9 Å². The number of hydrogen-bond donors (Lipinski definition) is 2. The third-order valence-electron chi connectivity index (χ3n) is 5.19. The van der Waals surface area contributed by atoms with E-state index >= 15 is 0 Å². The summed E-state index contributed by atoms with van der Waals surface area (Å²) in [6.07, 6.45) is 2.06. The Kier molecular flexibility index (Phi) is 6.25. The summed E-state index contributed by atoms with van der Waals surface area (Å²) in [5.41, 5.74) is -0.224. The summed E-state index contributed by atoms with van der Waals surface area (Å²) in [5.74, 6) is -1.54. The molecular formula is C19H24FN3O7S. The predicted molar refractivity (Wildman–Crippen MR) is 113 cm³/mol. The molecule has 4 rings (SSSR count). The van der Waals surface area contributed by atoms with Gasteiger partial charge < -0.3 is 24.2 Å². The van der Waals surface area contributed by atoms with E-state index in [-0.39, 0.29) is 23.6 Å². The number of likely N-dealkylation sites (N-methyl/N-ethyl adjacent to an activating group) is 1. The maximum absolute atomic E-state index is 15.0. The monoisotopic (exact) mass is 457 g/mol. The van der Waals surface area contributed by atoms with Gasteiger partial charge in [-0.1, -0.05) is 0 Å². The molecule has 0 aliphatic carbocycles. The molecule has 0 bridgehead atoms. The first-order chi connectivity index (χ1) is 14.4. The van der Waals surface area contributed by atoms with Crippen LogP contribution in [0.15, 0.2) is 17.1 Å². The summed E-state index contributed by atoms with van der Waals surface area (Å²) in [6.45, 7) is 5.08. The predicted octanol–water partition coefficient (Wildman–Crippen LogP) is 1.05. The van der Waals surface area contributed by atoms with Gasteiger partial charge in [-0.25, -0.2) is 9.18 Å². The molecule has 0 amide bonds. The lowest BCUT2D eigenvalue weighted by atomic mass is 10.1. The molecule has 3 heterocycles. The maximum Gasteiger partial charge on any atom is 0.341 e. The van der Waals surface area contributed by atoms with Crippen LogP contribution in [0.2, 0.25) is 0 Å². The zero-order chi connectivity index (χ0) is 23.1. The topological polar surface area (TPSA) is 129 Å². The fourth-order valence-electron chi connectivity index (χ4n) is 3.69. The minimum Gasteiger partial charge on any atom is -0.487 e. The molecule has 2 aliphatic heterocycles. The zero-order valence-electron chi connectivity index (χ0n) is 17.3. The molecule has 1 aromatic heterocycles. The highest BCUT2D eigenvalue weighted by atomic mass is 32.2. The number of hydrogen-bond acceptors (Lipinski definition) is 7. The number of carbonyl (C=O) groups is 1. The van der Waals surface area contributed by atoms with E-state index < -0.39 is 27.3 Å². The van der Waals surface area contributed by atoms with E-state index in [0.717, 1.165) is 19.2 Å². The van der Waals surface area contributed by atoms with Crippen molar-refractivity contribution in [2.24, 2.45) is 0 Å². The largest absolute Gasteiger partial charge is 0.487 e. The second kappa shape index (κ2) is 8.44. The Bertz CT molecular complexity index is 1180. The van der Waals surface area contributed by atoms with E-state index in [4.69, 9.17) is 9.29 Å². The molecule has 0 spiro atoms. The SMILES string of the molecule is CS(=O)(=O)O.C[C@H]1COc2c(N3CCN(C)CC3)c(F)cc3c(=O)c(C(=O)O)cn1c23. The van der Waals surface area contributed by atoms with E-state index in [1.165, 1.54) is 6.20 Å². The maximum atomic E-state index is 15.0. The molecule has 0 unspecified atom stereocenters. The van der Waals surface area contributed by atoms with Gasteiger partial charge in [0.05, 0.1) is 23.2 Å². The summed E-state index contributed by atoms with van der Waals surface area (Å²) >= 11 is 0. The van der Waals surface area contributed by atoms with Crippen molar-refractivity contribution in [2.75, 3.05) is 51.0 Å². The zero-order valence-corrected chi connectivity index (χ0v) is 18.1. The van der Waals surface area contributed by atoms with Gasteiger partial charge in [-0.2, -0.15) is 8.42 Å². The number of anilines is 1. The van der Waals surface area contributed by atoms with Crippen LogP contribution in [0.25, 0.3) is 10.9 Å². The van der Waals surface area contributed by atoms with Crippen molar-refractivity contribution in [1.29, 1.82) is 0 Å². The number of pyridine rings is 1. The van der Waals surface area contributed by atoms with E-state index in [9.17, 15) is 27.5 Å². The number of aromatic carboxylic acids is 1. The van der Waals surface area contributed by atoms with Crippen molar-refractivity contribution >= 4 is 32.7 Å². The summed E-state index contributed by atoms with van der Waals surface area (Å²) in [5, 5.41) is 9.36. The molecule has 1 atom stereocenters. The Morgan fingerprint density at radius 3 is 2.39 bits per heavy atom. The lowest BCUT2D eigenvalue weighted by molar-refractivity contribution is 0.0694. The Balaban J connectivity index is 0.000000491. The molecule has 31 heavy (non-hydrogen) atoms. The van der Waals surface area contributed by atoms with Gasteiger partial charge in [0.25, 0.3) is 10.1 Å². The fraction of sp³-hybridized carbons (Fsp3) is 0.474. The third kappa shape index (κ3) is 4.81. The van der Waals surface area contributed by atoms with Gasteiger partial charge in [-0.15, -0.1) is 0 Å². The van der Waals surface area contributed by atoms with Crippen molar-refractivity contribution in [3.8, 4) is 5.75 Å². The van der Waals surface area contributed by atoms with Crippen molar-refractivity contribution in [1.82, 2.24) is 9.47 Å². The van der Waals surface area contributed by atoms with Gasteiger partial charge in [0.15, 0.2) is 11.6 Å². The minimum absolute atomic E-state index is 0.0434. The van der Waals surface area contributed by atoms with Crippen LogP contribution in [0.4, 0.5) is 10.1 Å². The van der Waals surface area contributed by atoms with Crippen molar-refractivity contribution in [2.45, 2.75) is 13.0 Å². The average Bonchev–Trinajstić information content (AvgIpc) is 2.65. The molecule has 0 radical (unpaired) electrons. The second-order valence-corrected chi connectivity index (χ2v) is 9.17. The van der Waals surface area contributed by atoms with Gasteiger partial charge in [0.2, 0.25) is 5.43 Å². The Hall–Kier alpha value is -2.70. The summed E-state index contributed by atoms with van der Waals surface area (Å²) in [6, 6.07) is 0.994. The van der Waals surface area contributed by atoms with Crippen LogP contribution < -0.4 is 15.1 Å². The Morgan fingerprint density at radius 1 is 1.26 bits per heavy atom. The smallest absolute Gasteiger partial charge is 0.341 e. The number of nitrogens with zero attached hydrogens (tertiary/aromatic N) is 3. The van der Waals surface area contributed by atoms with E-state index in [0.29, 0.717) is 36.3 Å². The number of aromatic nitrogens is 1. The van der Waals surface area contributed by atoms with E-state index in [1.54, 1.807) is 4.57 Å². The van der Waals surface area contributed by atoms with Crippen LogP contribution in [0.1, 0.15) is 23.3 Å². The number of rotatable bonds is 2. The van der Waals surface area contributed by atoms with Gasteiger partial charge in [-0.3, -0.25) is 9.35 Å². The molecule has 2 N–H and O–H groups in total. The average molecular weight is 457 g/mol. The van der Waals surface area contributed by atoms with Crippen LogP contribution in [-0.4, -0.2) is 79.6 Å². The molecule has 2 aliphatic rings. The number of piperazine rings is 1. The molecule has 1 aromatic carbocycles. The van der Waals surface area contributed by atoms with Crippen LogP contribution in [0.5, 0.6) is 5.75 Å². The molecule has 2 aromatic rings. The molecule has 1 saturated heterocycles. The van der Waals surface area contributed by atoms with Crippen molar-refractivity contribution in [3.63, 3.8) is 0 Å². The van der Waals surface area contributed by atoms with Crippen LogP contribution in [-0.2, 0) is 10.1 Å². The van der Waals surface area contributed by atoms with Crippen LogP contribution in [0.3, 0.4) is 0 Å².